The third kappa shape index (κ3) is 1.65. The van der Waals surface area contributed by atoms with Crippen LogP contribution in [-0.4, -0.2) is 26.6 Å². The molecular formula is C10H12N4O2. The van der Waals surface area contributed by atoms with Gasteiger partial charge in [-0.25, -0.2) is 0 Å². The summed E-state index contributed by atoms with van der Waals surface area (Å²) in [7, 11) is 0. The van der Waals surface area contributed by atoms with Gasteiger partial charge in [-0.05, 0) is 19.1 Å². The molecule has 0 aliphatic heterocycles. The summed E-state index contributed by atoms with van der Waals surface area (Å²) < 4.78 is 0. The lowest BCUT2D eigenvalue weighted by atomic mass is 10.2. The van der Waals surface area contributed by atoms with Gasteiger partial charge in [0.25, 0.3) is 0 Å². The van der Waals surface area contributed by atoms with Crippen LogP contribution in [0.15, 0.2) is 24.4 Å². The molecule has 0 fully saturated rings. The van der Waals surface area contributed by atoms with E-state index in [0.29, 0.717) is 18.0 Å². The zero-order valence-electron chi connectivity index (χ0n) is 8.79. The van der Waals surface area contributed by atoms with E-state index in [4.69, 9.17) is 10.6 Å². The SMILES string of the molecule is CCOn1nc(-c2ccccn2)c(O)c1N. The fourth-order valence-electron chi connectivity index (χ4n) is 1.30. The predicted octanol–water partition coefficient (Wildman–Crippen LogP) is 0.681. The summed E-state index contributed by atoms with van der Waals surface area (Å²) in [5.74, 6) is -0.0466. The average Bonchev–Trinajstić information content (AvgIpc) is 2.59. The number of pyridine rings is 1. The molecule has 0 unspecified atom stereocenters. The Bertz CT molecular complexity index is 481. The minimum absolute atomic E-state index is 0.0718. The summed E-state index contributed by atoms with van der Waals surface area (Å²) in [6.07, 6.45) is 1.62. The first-order valence-corrected chi connectivity index (χ1v) is 4.86. The predicted molar refractivity (Wildman–Crippen MR) is 58.7 cm³/mol. The number of nitrogen functional groups attached to an aromatic ring is 1. The second-order valence-electron chi connectivity index (χ2n) is 3.09. The molecule has 6 nitrogen and oxygen atoms in total. The van der Waals surface area contributed by atoms with E-state index in [9.17, 15) is 5.11 Å². The molecule has 0 bridgehead atoms. The molecule has 2 rings (SSSR count). The van der Waals surface area contributed by atoms with Gasteiger partial charge in [-0.3, -0.25) is 4.98 Å². The topological polar surface area (TPSA) is 86.2 Å². The zero-order chi connectivity index (χ0) is 11.5. The molecule has 3 N–H and O–H groups in total. The van der Waals surface area contributed by atoms with Crippen LogP contribution < -0.4 is 10.6 Å². The molecule has 0 radical (unpaired) electrons. The number of nitrogens with two attached hydrogens (primary N) is 1. The number of rotatable bonds is 3. The zero-order valence-corrected chi connectivity index (χ0v) is 8.79. The Kier molecular flexibility index (Phi) is 2.63. The smallest absolute Gasteiger partial charge is 0.206 e. The second kappa shape index (κ2) is 4.09. The van der Waals surface area contributed by atoms with Gasteiger partial charge in [0.1, 0.15) is 6.61 Å². The first-order valence-electron chi connectivity index (χ1n) is 4.86. The van der Waals surface area contributed by atoms with Gasteiger partial charge in [-0.2, -0.15) is 0 Å². The van der Waals surface area contributed by atoms with Gasteiger partial charge in [0.2, 0.25) is 5.82 Å². The Balaban J connectivity index is 2.46. The van der Waals surface area contributed by atoms with E-state index in [2.05, 4.69) is 10.1 Å². The molecule has 0 spiro atoms. The molecule has 0 saturated carbocycles. The van der Waals surface area contributed by atoms with Gasteiger partial charge in [-0.15, -0.1) is 5.10 Å². The first kappa shape index (κ1) is 10.3. The van der Waals surface area contributed by atoms with E-state index in [1.165, 1.54) is 0 Å². The van der Waals surface area contributed by atoms with Crippen molar-refractivity contribution >= 4 is 5.82 Å². The van der Waals surface area contributed by atoms with Crippen molar-refractivity contribution in [1.82, 2.24) is 14.9 Å². The molecule has 0 atom stereocenters. The third-order valence-corrected chi connectivity index (χ3v) is 2.02. The lowest BCUT2D eigenvalue weighted by molar-refractivity contribution is 0.0979. The van der Waals surface area contributed by atoms with Crippen LogP contribution in [0.2, 0.25) is 0 Å². The molecule has 16 heavy (non-hydrogen) atoms. The van der Waals surface area contributed by atoms with E-state index >= 15 is 0 Å². The molecule has 2 aromatic heterocycles. The van der Waals surface area contributed by atoms with Crippen LogP contribution in [0.1, 0.15) is 6.92 Å². The first-order chi connectivity index (χ1) is 7.74. The van der Waals surface area contributed by atoms with Gasteiger partial charge in [0.15, 0.2) is 11.4 Å². The van der Waals surface area contributed by atoms with Gasteiger partial charge in [0, 0.05) is 6.20 Å². The minimum Gasteiger partial charge on any atom is -0.503 e. The lowest BCUT2D eigenvalue weighted by Crippen LogP contribution is -2.14. The minimum atomic E-state index is -0.118. The van der Waals surface area contributed by atoms with E-state index in [0.717, 1.165) is 4.85 Å². The van der Waals surface area contributed by atoms with Crippen LogP contribution in [0, 0.1) is 0 Å². The summed E-state index contributed by atoms with van der Waals surface area (Å²) >= 11 is 0. The number of hydrogen-bond donors (Lipinski definition) is 2. The van der Waals surface area contributed by atoms with Crippen molar-refractivity contribution in [3.8, 4) is 17.1 Å². The van der Waals surface area contributed by atoms with Crippen LogP contribution in [0.3, 0.4) is 0 Å². The Morgan fingerprint density at radius 1 is 1.50 bits per heavy atom. The standard InChI is InChI=1S/C10H12N4O2/c1-2-16-14-10(11)9(15)8(13-14)7-5-3-4-6-12-7/h3-6,15H,2,11H2,1H3. The summed E-state index contributed by atoms with van der Waals surface area (Å²) in [4.78, 5) is 10.3. The quantitative estimate of drug-likeness (QED) is 0.794. The monoisotopic (exact) mass is 220 g/mol. The van der Waals surface area contributed by atoms with Gasteiger partial charge >= 0.3 is 0 Å². The summed E-state index contributed by atoms with van der Waals surface area (Å²) in [6, 6.07) is 5.32. The summed E-state index contributed by atoms with van der Waals surface area (Å²) in [5.41, 5.74) is 6.48. The van der Waals surface area contributed by atoms with Crippen molar-refractivity contribution in [3.05, 3.63) is 24.4 Å². The largest absolute Gasteiger partial charge is 0.503 e. The molecule has 0 saturated heterocycles. The Hall–Kier alpha value is -2.24. The highest BCUT2D eigenvalue weighted by atomic mass is 16.7. The highest BCUT2D eigenvalue weighted by Crippen LogP contribution is 2.31. The van der Waals surface area contributed by atoms with Crippen LogP contribution in [0.5, 0.6) is 5.75 Å². The number of aromatic nitrogens is 3. The lowest BCUT2D eigenvalue weighted by Gasteiger charge is -2.01. The maximum Gasteiger partial charge on any atom is 0.206 e. The van der Waals surface area contributed by atoms with E-state index in [-0.39, 0.29) is 11.6 Å². The molecular weight excluding hydrogens is 208 g/mol. The number of hydrogen-bond acceptors (Lipinski definition) is 5. The van der Waals surface area contributed by atoms with E-state index < -0.39 is 0 Å². The molecule has 84 valence electrons. The summed E-state index contributed by atoms with van der Waals surface area (Å²) in [5, 5.41) is 13.8. The van der Waals surface area contributed by atoms with Crippen LogP contribution in [-0.2, 0) is 0 Å². The van der Waals surface area contributed by atoms with Crippen LogP contribution >= 0.6 is 0 Å². The Morgan fingerprint density at radius 3 is 2.94 bits per heavy atom. The second-order valence-corrected chi connectivity index (χ2v) is 3.09. The molecule has 6 heteroatoms. The van der Waals surface area contributed by atoms with Gasteiger partial charge < -0.3 is 15.7 Å². The maximum absolute atomic E-state index is 9.77. The Labute approximate surface area is 92.2 Å². The number of aromatic hydroxyl groups is 1. The number of nitrogens with zero attached hydrogens (tertiary/aromatic N) is 3. The Morgan fingerprint density at radius 2 is 2.31 bits per heavy atom. The molecule has 2 aromatic rings. The molecule has 0 aliphatic rings. The fraction of sp³-hybridized carbons (Fsp3) is 0.200. The van der Waals surface area contributed by atoms with Crippen LogP contribution in [0.25, 0.3) is 11.4 Å². The van der Waals surface area contributed by atoms with Crippen molar-refractivity contribution in [2.24, 2.45) is 0 Å². The van der Waals surface area contributed by atoms with Crippen molar-refractivity contribution < 1.29 is 9.94 Å². The molecule has 0 amide bonds. The van der Waals surface area contributed by atoms with Crippen LogP contribution in [0.4, 0.5) is 5.82 Å². The highest BCUT2D eigenvalue weighted by molar-refractivity contribution is 5.68. The highest BCUT2D eigenvalue weighted by Gasteiger charge is 2.17. The summed E-state index contributed by atoms with van der Waals surface area (Å²) in [6.45, 7) is 2.21. The molecule has 2 heterocycles. The fourth-order valence-corrected chi connectivity index (χ4v) is 1.30. The van der Waals surface area contributed by atoms with Crippen molar-refractivity contribution in [2.75, 3.05) is 12.3 Å². The molecule has 0 aromatic carbocycles. The number of anilines is 1. The van der Waals surface area contributed by atoms with Crippen molar-refractivity contribution in [3.63, 3.8) is 0 Å². The third-order valence-electron chi connectivity index (χ3n) is 2.02. The normalized spacial score (nSPS) is 10.3. The van der Waals surface area contributed by atoms with Crippen molar-refractivity contribution in [2.45, 2.75) is 6.92 Å². The maximum atomic E-state index is 9.77. The van der Waals surface area contributed by atoms with Crippen molar-refractivity contribution in [1.29, 1.82) is 0 Å². The van der Waals surface area contributed by atoms with Gasteiger partial charge in [0.05, 0.1) is 5.69 Å². The van der Waals surface area contributed by atoms with E-state index in [1.54, 1.807) is 31.3 Å². The van der Waals surface area contributed by atoms with E-state index in [1.807, 2.05) is 0 Å². The average molecular weight is 220 g/mol. The molecule has 0 aliphatic carbocycles. The van der Waals surface area contributed by atoms with Gasteiger partial charge in [-0.1, -0.05) is 10.9 Å².